The van der Waals surface area contributed by atoms with Crippen LogP contribution < -0.4 is 20.1 Å². The van der Waals surface area contributed by atoms with Gasteiger partial charge in [-0.2, -0.15) is 0 Å². The molecule has 2 amide bonds. The average molecular weight is 459 g/mol. The SMILES string of the molecule is CCOCCOc1ccccc1C(=O)NCC(C)NC(=O)c1ccccc1OCCOCC. The Bertz CT molecular complexity index is 873. The predicted octanol–water partition coefficient (Wildman–Crippen LogP) is 3.07. The Morgan fingerprint density at radius 2 is 1.24 bits per heavy atom. The van der Waals surface area contributed by atoms with Gasteiger partial charge >= 0.3 is 0 Å². The summed E-state index contributed by atoms with van der Waals surface area (Å²) in [5, 5.41) is 5.74. The van der Waals surface area contributed by atoms with E-state index >= 15 is 0 Å². The Balaban J connectivity index is 1.87. The number of carbonyl (C=O) groups excluding carboxylic acids is 2. The van der Waals surface area contributed by atoms with Crippen molar-refractivity contribution >= 4 is 11.8 Å². The highest BCUT2D eigenvalue weighted by molar-refractivity contribution is 5.98. The van der Waals surface area contributed by atoms with Crippen molar-refractivity contribution in [3.8, 4) is 11.5 Å². The first kappa shape index (κ1) is 26.2. The van der Waals surface area contributed by atoms with E-state index in [1.165, 1.54) is 0 Å². The lowest BCUT2D eigenvalue weighted by atomic mass is 10.1. The van der Waals surface area contributed by atoms with Crippen LogP contribution in [0.5, 0.6) is 11.5 Å². The summed E-state index contributed by atoms with van der Waals surface area (Å²) in [4.78, 5) is 25.4. The van der Waals surface area contributed by atoms with Crippen LogP contribution in [0.25, 0.3) is 0 Å². The van der Waals surface area contributed by atoms with E-state index in [0.717, 1.165) is 0 Å². The van der Waals surface area contributed by atoms with E-state index in [1.54, 1.807) is 36.4 Å². The van der Waals surface area contributed by atoms with Gasteiger partial charge in [0, 0.05) is 25.8 Å². The smallest absolute Gasteiger partial charge is 0.255 e. The molecule has 0 radical (unpaired) electrons. The van der Waals surface area contributed by atoms with Crippen LogP contribution in [0.15, 0.2) is 48.5 Å². The van der Waals surface area contributed by atoms with Crippen molar-refractivity contribution in [2.24, 2.45) is 0 Å². The molecular weight excluding hydrogens is 424 g/mol. The fraction of sp³-hybridized carbons (Fsp3) is 0.440. The molecular formula is C25H34N2O6. The largest absolute Gasteiger partial charge is 0.490 e. The van der Waals surface area contributed by atoms with Crippen molar-refractivity contribution in [2.45, 2.75) is 26.8 Å². The van der Waals surface area contributed by atoms with E-state index in [-0.39, 0.29) is 24.4 Å². The molecule has 0 saturated carbocycles. The van der Waals surface area contributed by atoms with E-state index in [2.05, 4.69) is 10.6 Å². The second-order valence-electron chi connectivity index (χ2n) is 7.17. The molecule has 0 heterocycles. The summed E-state index contributed by atoms with van der Waals surface area (Å²) in [6, 6.07) is 13.8. The van der Waals surface area contributed by atoms with E-state index < -0.39 is 0 Å². The molecule has 2 rings (SSSR count). The minimum absolute atomic E-state index is 0.255. The first-order valence-electron chi connectivity index (χ1n) is 11.2. The Morgan fingerprint density at radius 1 is 0.758 bits per heavy atom. The normalized spacial score (nSPS) is 11.5. The molecule has 0 aliphatic rings. The maximum Gasteiger partial charge on any atom is 0.255 e. The number of hydrogen-bond donors (Lipinski definition) is 2. The van der Waals surface area contributed by atoms with Crippen LogP contribution in [0, 0.1) is 0 Å². The summed E-state index contributed by atoms with van der Waals surface area (Å²) in [5.41, 5.74) is 0.862. The average Bonchev–Trinajstić information content (AvgIpc) is 2.83. The molecule has 2 N–H and O–H groups in total. The topological polar surface area (TPSA) is 95.1 Å². The first-order valence-corrected chi connectivity index (χ1v) is 11.2. The van der Waals surface area contributed by atoms with Crippen molar-refractivity contribution in [2.75, 3.05) is 46.2 Å². The molecule has 8 nitrogen and oxygen atoms in total. The van der Waals surface area contributed by atoms with Crippen LogP contribution in [0.4, 0.5) is 0 Å². The van der Waals surface area contributed by atoms with Crippen LogP contribution in [0.1, 0.15) is 41.5 Å². The molecule has 8 heteroatoms. The molecule has 0 aliphatic carbocycles. The monoisotopic (exact) mass is 458 g/mol. The lowest BCUT2D eigenvalue weighted by Crippen LogP contribution is -2.42. The summed E-state index contributed by atoms with van der Waals surface area (Å²) < 4.78 is 21.9. The zero-order valence-corrected chi connectivity index (χ0v) is 19.6. The van der Waals surface area contributed by atoms with Crippen molar-refractivity contribution in [3.63, 3.8) is 0 Å². The maximum absolute atomic E-state index is 12.7. The number of hydrogen-bond acceptors (Lipinski definition) is 6. The Kier molecular flexibility index (Phi) is 11.8. The summed E-state index contributed by atoms with van der Waals surface area (Å²) >= 11 is 0. The summed E-state index contributed by atoms with van der Waals surface area (Å²) in [7, 11) is 0. The molecule has 0 fully saturated rings. The van der Waals surface area contributed by atoms with Gasteiger partial charge in [0.05, 0.1) is 24.3 Å². The van der Waals surface area contributed by atoms with Gasteiger partial charge in [-0.1, -0.05) is 24.3 Å². The zero-order chi connectivity index (χ0) is 23.9. The molecule has 0 aromatic heterocycles. The van der Waals surface area contributed by atoms with Crippen molar-refractivity contribution in [1.82, 2.24) is 10.6 Å². The van der Waals surface area contributed by atoms with Crippen LogP contribution in [0.3, 0.4) is 0 Å². The lowest BCUT2D eigenvalue weighted by Gasteiger charge is -2.17. The molecule has 0 spiro atoms. The number of nitrogens with one attached hydrogen (secondary N) is 2. The number of ether oxygens (including phenoxy) is 4. The third-order valence-electron chi connectivity index (χ3n) is 4.59. The highest BCUT2D eigenvalue weighted by atomic mass is 16.5. The minimum atomic E-state index is -0.302. The Hall–Kier alpha value is -3.10. The molecule has 1 atom stereocenters. The van der Waals surface area contributed by atoms with Gasteiger partial charge in [-0.25, -0.2) is 0 Å². The van der Waals surface area contributed by atoms with Crippen LogP contribution in [-0.4, -0.2) is 64.0 Å². The van der Waals surface area contributed by atoms with Crippen LogP contribution >= 0.6 is 0 Å². The third-order valence-corrected chi connectivity index (χ3v) is 4.59. The number of rotatable bonds is 15. The van der Waals surface area contributed by atoms with Crippen LogP contribution in [-0.2, 0) is 9.47 Å². The lowest BCUT2D eigenvalue weighted by molar-refractivity contribution is 0.0898. The van der Waals surface area contributed by atoms with E-state index in [0.29, 0.717) is 62.3 Å². The first-order chi connectivity index (χ1) is 16.1. The Morgan fingerprint density at radius 3 is 1.76 bits per heavy atom. The van der Waals surface area contributed by atoms with Crippen LogP contribution in [0.2, 0.25) is 0 Å². The van der Waals surface area contributed by atoms with Gasteiger partial charge in [-0.05, 0) is 45.0 Å². The van der Waals surface area contributed by atoms with Gasteiger partial charge < -0.3 is 29.6 Å². The highest BCUT2D eigenvalue weighted by Crippen LogP contribution is 2.19. The quantitative estimate of drug-likeness (QED) is 0.399. The summed E-state index contributed by atoms with van der Waals surface area (Å²) in [6.07, 6.45) is 0. The minimum Gasteiger partial charge on any atom is -0.490 e. The number of para-hydroxylation sites is 2. The number of carbonyl (C=O) groups is 2. The third kappa shape index (κ3) is 9.11. The summed E-state index contributed by atoms with van der Waals surface area (Å²) in [5.74, 6) is 0.430. The molecule has 0 saturated heterocycles. The maximum atomic E-state index is 12.7. The highest BCUT2D eigenvalue weighted by Gasteiger charge is 2.17. The van der Waals surface area contributed by atoms with E-state index in [4.69, 9.17) is 18.9 Å². The predicted molar refractivity (Wildman–Crippen MR) is 126 cm³/mol. The van der Waals surface area contributed by atoms with Gasteiger partial charge in [0.2, 0.25) is 0 Å². The second kappa shape index (κ2) is 14.9. The number of amides is 2. The molecule has 33 heavy (non-hydrogen) atoms. The molecule has 2 aromatic carbocycles. The molecule has 0 aliphatic heterocycles. The van der Waals surface area contributed by atoms with Gasteiger partial charge in [0.1, 0.15) is 24.7 Å². The molecule has 1 unspecified atom stereocenters. The number of benzene rings is 2. The summed E-state index contributed by atoms with van der Waals surface area (Å²) in [6.45, 7) is 8.74. The standard InChI is InChI=1S/C25H34N2O6/c1-4-30-14-16-32-22-12-8-6-10-20(22)24(28)26-18-19(3)27-25(29)21-11-7-9-13-23(21)33-17-15-31-5-2/h6-13,19H,4-5,14-18H2,1-3H3,(H,26,28)(H,27,29). The second-order valence-corrected chi connectivity index (χ2v) is 7.17. The van der Waals surface area contributed by atoms with Gasteiger partial charge in [0.15, 0.2) is 0 Å². The molecule has 2 aromatic rings. The zero-order valence-electron chi connectivity index (χ0n) is 19.6. The van der Waals surface area contributed by atoms with Crippen molar-refractivity contribution in [3.05, 3.63) is 59.7 Å². The Labute approximate surface area is 195 Å². The molecule has 0 bridgehead atoms. The fourth-order valence-electron chi connectivity index (χ4n) is 2.96. The molecule has 180 valence electrons. The van der Waals surface area contributed by atoms with E-state index in [9.17, 15) is 9.59 Å². The van der Waals surface area contributed by atoms with Gasteiger partial charge in [-0.15, -0.1) is 0 Å². The fourth-order valence-corrected chi connectivity index (χ4v) is 2.96. The van der Waals surface area contributed by atoms with Crippen molar-refractivity contribution < 1.29 is 28.5 Å². The van der Waals surface area contributed by atoms with Gasteiger partial charge in [0.25, 0.3) is 11.8 Å². The van der Waals surface area contributed by atoms with Crippen molar-refractivity contribution in [1.29, 1.82) is 0 Å². The van der Waals surface area contributed by atoms with E-state index in [1.807, 2.05) is 32.9 Å². The van der Waals surface area contributed by atoms with Gasteiger partial charge in [-0.3, -0.25) is 9.59 Å².